The Balaban J connectivity index is 1.21. The van der Waals surface area contributed by atoms with Gasteiger partial charge in [0.15, 0.2) is 25.2 Å². The first-order valence-corrected chi connectivity index (χ1v) is 20.2. The van der Waals surface area contributed by atoms with Gasteiger partial charge in [-0.25, -0.2) is 0 Å². The predicted octanol–water partition coefficient (Wildman–Crippen LogP) is -11.3. The number of aliphatic hydroxyl groups is 15. The number of rotatable bonds is 19. The first kappa shape index (κ1) is 49.0. The predicted molar refractivity (Wildman–Crippen MR) is 179 cm³/mol. The Morgan fingerprint density at radius 3 is 1.47 bits per heavy atom. The van der Waals surface area contributed by atoms with Gasteiger partial charge in [-0.3, -0.25) is 4.18 Å². The Labute approximate surface area is 335 Å². The minimum absolute atomic E-state index is 0.716. The number of hydrogen-bond acceptors (Lipinski definition) is 27. The molecular formula is C31H54O27S. The van der Waals surface area contributed by atoms with Gasteiger partial charge in [-0.05, 0) is 0 Å². The van der Waals surface area contributed by atoms with Gasteiger partial charge in [-0.2, -0.15) is 8.42 Å². The molecule has 5 aliphatic rings. The topological polar surface area (TPSA) is 433 Å². The van der Waals surface area contributed by atoms with Crippen LogP contribution in [0.3, 0.4) is 0 Å². The number of ether oxygens (including phenoxy) is 9. The second-order valence-electron chi connectivity index (χ2n) is 14.6. The molecular weight excluding hydrogens is 836 g/mol. The average molecular weight is 891 g/mol. The van der Waals surface area contributed by atoms with Crippen LogP contribution in [-0.4, -0.2) is 278 Å². The van der Waals surface area contributed by atoms with Gasteiger partial charge in [0.1, 0.15) is 122 Å². The highest BCUT2D eigenvalue weighted by Gasteiger charge is 2.62. The molecule has 5 fully saturated rings. The van der Waals surface area contributed by atoms with Crippen molar-refractivity contribution in [1.29, 1.82) is 0 Å². The van der Waals surface area contributed by atoms with E-state index in [1.807, 2.05) is 0 Å². The van der Waals surface area contributed by atoms with E-state index in [4.69, 9.17) is 42.6 Å². The van der Waals surface area contributed by atoms with Crippen molar-refractivity contribution < 1.29 is 132 Å². The smallest absolute Gasteiger partial charge is 0.264 e. The van der Waals surface area contributed by atoms with E-state index in [2.05, 4.69) is 4.18 Å². The fourth-order valence-electron chi connectivity index (χ4n) is 7.05. The number of fused-ring (bicyclic) bond motifs is 1. The maximum absolute atomic E-state index is 11.4. The average Bonchev–Trinajstić information content (AvgIpc) is 4.02. The van der Waals surface area contributed by atoms with Crippen molar-refractivity contribution in [2.45, 2.75) is 147 Å². The standard InChI is InChI=1S/C31H54O27S/c1-59(47,48)49-7-13-15(40)16(41)19(44)28(53-13)56-23-10(4-34)51-30(21(46)17(23)42)58-25-12(6-36)52-31(27-26(25)54-27)57-24-11(5-35)50-29(20(45)18(24)43)55-22(9(38)3-33)14(39)8(37)2-32/h8-46H,2-7H2,1H3/t8-,9+,10+,11+,12+,13+,14+,15+,16-,17+,18+,19+,20+,21+,22+,23+,24+,25+,26-,27-,28+,29+,30+,31+/m0/s1. The van der Waals surface area contributed by atoms with Gasteiger partial charge in [-0.15, -0.1) is 0 Å². The minimum Gasteiger partial charge on any atom is -0.394 e. The summed E-state index contributed by atoms with van der Waals surface area (Å²) >= 11 is 0. The molecule has 5 saturated heterocycles. The second-order valence-corrected chi connectivity index (χ2v) is 16.2. The summed E-state index contributed by atoms with van der Waals surface area (Å²) in [6.07, 6.45) is -40.2. The van der Waals surface area contributed by atoms with Gasteiger partial charge < -0.3 is 119 Å². The van der Waals surface area contributed by atoms with Crippen molar-refractivity contribution >= 4 is 10.1 Å². The third-order valence-corrected chi connectivity index (χ3v) is 11.0. The molecule has 5 aliphatic heterocycles. The van der Waals surface area contributed by atoms with Crippen molar-refractivity contribution in [3.63, 3.8) is 0 Å². The van der Waals surface area contributed by atoms with Crippen LogP contribution in [0.1, 0.15) is 0 Å². The van der Waals surface area contributed by atoms with Crippen LogP contribution >= 0.6 is 0 Å². The number of epoxide rings is 1. The number of hydrogen-bond donors (Lipinski definition) is 15. The molecule has 0 aromatic heterocycles. The summed E-state index contributed by atoms with van der Waals surface area (Å²) in [5, 5.41) is 154. The van der Waals surface area contributed by atoms with Crippen LogP contribution in [0.4, 0.5) is 0 Å². The van der Waals surface area contributed by atoms with E-state index in [9.17, 15) is 85.0 Å². The highest BCUT2D eigenvalue weighted by molar-refractivity contribution is 7.85. The van der Waals surface area contributed by atoms with Crippen LogP contribution < -0.4 is 0 Å². The molecule has 346 valence electrons. The minimum atomic E-state index is -4.03. The lowest BCUT2D eigenvalue weighted by Crippen LogP contribution is -2.65. The monoisotopic (exact) mass is 890 g/mol. The van der Waals surface area contributed by atoms with Crippen LogP contribution in [0.2, 0.25) is 0 Å². The van der Waals surface area contributed by atoms with E-state index >= 15 is 0 Å². The van der Waals surface area contributed by atoms with E-state index in [-0.39, 0.29) is 0 Å². The Morgan fingerprint density at radius 1 is 0.508 bits per heavy atom. The zero-order chi connectivity index (χ0) is 43.7. The van der Waals surface area contributed by atoms with Crippen LogP contribution in [0.25, 0.3) is 0 Å². The molecule has 59 heavy (non-hydrogen) atoms. The lowest BCUT2D eigenvalue weighted by molar-refractivity contribution is -0.371. The number of aliphatic hydroxyl groups excluding tert-OH is 15. The second kappa shape index (κ2) is 20.6. The van der Waals surface area contributed by atoms with Crippen LogP contribution in [0.15, 0.2) is 0 Å². The van der Waals surface area contributed by atoms with Crippen molar-refractivity contribution in [2.24, 2.45) is 0 Å². The van der Waals surface area contributed by atoms with Gasteiger partial charge in [0, 0.05) is 0 Å². The maximum Gasteiger partial charge on any atom is 0.264 e. The largest absolute Gasteiger partial charge is 0.394 e. The summed E-state index contributed by atoms with van der Waals surface area (Å²) in [5.74, 6) is 0. The molecule has 0 spiro atoms. The first-order valence-electron chi connectivity index (χ1n) is 18.4. The molecule has 5 rings (SSSR count). The highest BCUT2D eigenvalue weighted by atomic mass is 32.2. The third kappa shape index (κ3) is 11.0. The van der Waals surface area contributed by atoms with Crippen molar-refractivity contribution in [3.05, 3.63) is 0 Å². The maximum atomic E-state index is 11.4. The first-order chi connectivity index (χ1) is 27.8. The van der Waals surface area contributed by atoms with Crippen LogP contribution in [0, 0.1) is 0 Å². The third-order valence-electron chi connectivity index (χ3n) is 10.4. The Kier molecular flexibility index (Phi) is 17.1. The summed E-state index contributed by atoms with van der Waals surface area (Å²) in [5.41, 5.74) is 0. The SMILES string of the molecule is CS(=O)(=O)OC[C@H]1O[C@H](O[C@H]2[C@H](O)[C@@H](O)[C@@H](O[C@H]3[C@@H]4O[C@@H]4[C@@H](O[C@H]4[C@H](O)[C@@H](O)[C@@H](O[C@@H]([C@H](O)[C@@H](O)CO)[C@H](O)CO)O[C@@H]4CO)O[C@@H]3CO)O[C@@H]2CO)[C@H](O)[C@@H](O)[C@@H]1O. The normalized spacial score (nSPS) is 46.2. The fourth-order valence-corrected chi connectivity index (χ4v) is 7.43. The van der Waals surface area contributed by atoms with Crippen LogP contribution in [-0.2, 0) is 56.9 Å². The van der Waals surface area contributed by atoms with Crippen molar-refractivity contribution in [2.75, 3.05) is 45.9 Å². The van der Waals surface area contributed by atoms with Crippen molar-refractivity contribution in [3.8, 4) is 0 Å². The summed E-state index contributed by atoms with van der Waals surface area (Å²) in [6.45, 7) is -5.38. The lowest BCUT2D eigenvalue weighted by Gasteiger charge is -2.47. The molecule has 15 N–H and O–H groups in total. The summed E-state index contributed by atoms with van der Waals surface area (Å²) in [7, 11) is -4.03. The molecule has 24 atom stereocenters. The molecule has 0 radical (unpaired) electrons. The van der Waals surface area contributed by atoms with Gasteiger partial charge in [0.05, 0.1) is 45.9 Å². The Hall–Kier alpha value is -1.05. The zero-order valence-electron chi connectivity index (χ0n) is 31.1. The lowest BCUT2D eigenvalue weighted by atomic mass is 9.96. The molecule has 28 heteroatoms. The van der Waals surface area contributed by atoms with E-state index < -0.39 is 197 Å². The van der Waals surface area contributed by atoms with Crippen LogP contribution in [0.5, 0.6) is 0 Å². The molecule has 0 unspecified atom stereocenters. The summed E-state index contributed by atoms with van der Waals surface area (Å²) < 4.78 is 78.2. The molecule has 0 bridgehead atoms. The fraction of sp³-hybridized carbons (Fsp3) is 1.00. The Morgan fingerprint density at radius 2 is 0.949 bits per heavy atom. The molecule has 0 aromatic carbocycles. The quantitative estimate of drug-likeness (QED) is 0.0423. The highest BCUT2D eigenvalue weighted by Crippen LogP contribution is 2.42. The zero-order valence-corrected chi connectivity index (χ0v) is 31.9. The van der Waals surface area contributed by atoms with Gasteiger partial charge in [-0.1, -0.05) is 0 Å². The molecule has 0 amide bonds. The van der Waals surface area contributed by atoms with Gasteiger partial charge in [0.2, 0.25) is 0 Å². The molecule has 27 nitrogen and oxygen atoms in total. The van der Waals surface area contributed by atoms with Gasteiger partial charge in [0.25, 0.3) is 10.1 Å². The molecule has 0 aliphatic carbocycles. The van der Waals surface area contributed by atoms with E-state index in [1.165, 1.54) is 0 Å². The molecule has 0 aromatic rings. The van der Waals surface area contributed by atoms with E-state index in [0.717, 1.165) is 0 Å². The summed E-state index contributed by atoms with van der Waals surface area (Å²) in [6, 6.07) is 0. The van der Waals surface area contributed by atoms with E-state index in [1.54, 1.807) is 0 Å². The Bertz CT molecular complexity index is 1410. The molecule has 5 heterocycles. The summed E-state index contributed by atoms with van der Waals surface area (Å²) in [4.78, 5) is 0. The molecule has 0 saturated carbocycles. The van der Waals surface area contributed by atoms with Gasteiger partial charge >= 0.3 is 0 Å². The van der Waals surface area contributed by atoms with Crippen molar-refractivity contribution in [1.82, 2.24) is 0 Å². The van der Waals surface area contributed by atoms with E-state index in [0.29, 0.717) is 6.26 Å².